The average Bonchev–Trinajstić information content (AvgIpc) is 3.09. The number of aromatic nitrogens is 3. The number of fused-ring (bicyclic) bond motifs is 3. The van der Waals surface area contributed by atoms with Gasteiger partial charge in [-0.1, -0.05) is 12.0 Å². The van der Waals surface area contributed by atoms with Crippen LogP contribution < -0.4 is 5.32 Å². The second-order valence-electron chi connectivity index (χ2n) is 7.99. The molecular formula is C23H16F2N4O. The van der Waals surface area contributed by atoms with Gasteiger partial charge in [-0.3, -0.25) is 10.1 Å². The smallest absolute Gasteiger partial charge is 0.177 e. The van der Waals surface area contributed by atoms with Gasteiger partial charge in [0.15, 0.2) is 5.82 Å². The Bertz CT molecular complexity index is 1390. The van der Waals surface area contributed by atoms with Crippen molar-refractivity contribution in [1.29, 1.82) is 0 Å². The summed E-state index contributed by atoms with van der Waals surface area (Å²) in [6.45, 7) is 1.92. The monoisotopic (exact) mass is 402 g/mol. The number of piperidine rings is 1. The third-order valence-corrected chi connectivity index (χ3v) is 6.45. The number of H-pyrrole nitrogens is 1. The molecule has 1 saturated carbocycles. The molecule has 1 saturated heterocycles. The van der Waals surface area contributed by atoms with Crippen LogP contribution in [0.4, 0.5) is 8.78 Å². The number of phenolic OH excluding ortho intramolecular Hbond substituents is 1. The molecule has 30 heavy (non-hydrogen) atoms. The molecule has 5 nitrogen and oxygen atoms in total. The minimum atomic E-state index is -0.627. The largest absolute Gasteiger partial charge is 0.508 e. The van der Waals surface area contributed by atoms with E-state index in [0.29, 0.717) is 33.9 Å². The van der Waals surface area contributed by atoms with E-state index in [1.807, 2.05) is 0 Å². The van der Waals surface area contributed by atoms with Gasteiger partial charge in [-0.25, -0.2) is 8.78 Å². The molecule has 1 aliphatic carbocycles. The number of nitrogens with one attached hydrogen (secondary N) is 2. The van der Waals surface area contributed by atoms with E-state index in [2.05, 4.69) is 26.4 Å². The highest BCUT2D eigenvalue weighted by molar-refractivity contribution is 6.02. The Hall–Kier alpha value is -3.50. The fourth-order valence-corrected chi connectivity index (χ4v) is 5.00. The summed E-state index contributed by atoms with van der Waals surface area (Å²) in [5.74, 6) is 2.47. The van der Waals surface area contributed by atoms with Crippen LogP contribution in [-0.2, 0) is 0 Å². The summed E-state index contributed by atoms with van der Waals surface area (Å²) in [6, 6.07) is 5.54. The highest BCUT2D eigenvalue weighted by Crippen LogP contribution is 2.56. The van der Waals surface area contributed by atoms with Gasteiger partial charge in [-0.15, -0.1) is 6.42 Å². The summed E-state index contributed by atoms with van der Waals surface area (Å²) in [6.07, 6.45) is 7.13. The molecular weight excluding hydrogens is 386 g/mol. The standard InChI is InChI=1S/C23H16F2N4O/c1-2-12-17(24)4-3-10-5-11(30)6-13(18(10)12)22-20(25)23-16(9-27-22)21(28-29-23)19-14-7-26-8-15(14)19/h1,3-6,9,14-15,19,26,30H,7-8H2,(H,28,29)/t14-,15+,19?. The molecule has 2 fully saturated rings. The lowest BCUT2D eigenvalue weighted by Gasteiger charge is -2.11. The van der Waals surface area contributed by atoms with Crippen LogP contribution in [0.25, 0.3) is 32.9 Å². The second kappa shape index (κ2) is 6.00. The van der Waals surface area contributed by atoms with Crippen molar-refractivity contribution < 1.29 is 13.9 Å². The summed E-state index contributed by atoms with van der Waals surface area (Å²) in [7, 11) is 0. The van der Waals surface area contributed by atoms with Crippen LogP contribution in [0.2, 0.25) is 0 Å². The molecule has 0 spiro atoms. The molecule has 3 N–H and O–H groups in total. The van der Waals surface area contributed by atoms with Gasteiger partial charge >= 0.3 is 0 Å². The zero-order valence-electron chi connectivity index (χ0n) is 15.7. The van der Waals surface area contributed by atoms with E-state index in [4.69, 9.17) is 6.42 Å². The first-order chi connectivity index (χ1) is 14.6. The fraction of sp³-hybridized carbons (Fsp3) is 0.217. The van der Waals surface area contributed by atoms with Crippen molar-refractivity contribution in [2.75, 3.05) is 13.1 Å². The molecule has 2 aromatic heterocycles. The topological polar surface area (TPSA) is 73.8 Å². The first-order valence-corrected chi connectivity index (χ1v) is 9.74. The maximum absolute atomic E-state index is 15.6. The summed E-state index contributed by atoms with van der Waals surface area (Å²) in [4.78, 5) is 4.36. The molecule has 0 radical (unpaired) electrons. The summed E-state index contributed by atoms with van der Waals surface area (Å²) in [5, 5.41) is 22.2. The molecule has 0 amide bonds. The van der Waals surface area contributed by atoms with Crippen molar-refractivity contribution >= 4 is 21.7 Å². The molecule has 2 aliphatic rings. The van der Waals surface area contributed by atoms with Gasteiger partial charge in [-0.05, 0) is 48.5 Å². The van der Waals surface area contributed by atoms with Gasteiger partial charge in [0.25, 0.3) is 0 Å². The number of terminal acetylenes is 1. The van der Waals surface area contributed by atoms with Crippen LogP contribution in [0.1, 0.15) is 17.2 Å². The lowest BCUT2D eigenvalue weighted by molar-refractivity contribution is 0.476. The summed E-state index contributed by atoms with van der Waals surface area (Å²) in [5.41, 5.74) is 1.30. The lowest BCUT2D eigenvalue weighted by Crippen LogP contribution is -2.14. The number of nitrogens with zero attached hydrogens (tertiary/aromatic N) is 2. The SMILES string of the molecule is C#Cc1c(F)ccc2cc(O)cc(-c3ncc4c(C5[C@H]6CNC[C@@H]56)[nH]nc4c3F)c12. The van der Waals surface area contributed by atoms with E-state index >= 15 is 4.39 Å². The van der Waals surface area contributed by atoms with E-state index in [1.165, 1.54) is 24.3 Å². The fourth-order valence-electron chi connectivity index (χ4n) is 5.00. The predicted molar refractivity (Wildman–Crippen MR) is 109 cm³/mol. The van der Waals surface area contributed by atoms with Crippen molar-refractivity contribution in [3.05, 3.63) is 53.4 Å². The Morgan fingerprint density at radius 2 is 1.97 bits per heavy atom. The number of aromatic amines is 1. The van der Waals surface area contributed by atoms with Gasteiger partial charge in [0.05, 0.1) is 5.56 Å². The summed E-state index contributed by atoms with van der Waals surface area (Å²) < 4.78 is 29.9. The first kappa shape index (κ1) is 17.4. The number of phenols is 1. The van der Waals surface area contributed by atoms with Crippen LogP contribution in [0.3, 0.4) is 0 Å². The van der Waals surface area contributed by atoms with Crippen molar-refractivity contribution in [2.24, 2.45) is 11.8 Å². The third kappa shape index (κ3) is 2.25. The van der Waals surface area contributed by atoms with Crippen LogP contribution in [0.15, 0.2) is 30.5 Å². The van der Waals surface area contributed by atoms with Crippen molar-refractivity contribution in [1.82, 2.24) is 20.5 Å². The normalized spacial score (nSPS) is 22.4. The Morgan fingerprint density at radius 3 is 2.73 bits per heavy atom. The second-order valence-corrected chi connectivity index (χ2v) is 7.99. The molecule has 7 heteroatoms. The quantitative estimate of drug-likeness (QED) is 0.447. The number of halogens is 2. The van der Waals surface area contributed by atoms with Crippen LogP contribution in [-0.4, -0.2) is 33.4 Å². The first-order valence-electron chi connectivity index (χ1n) is 9.74. The molecule has 3 atom stereocenters. The summed E-state index contributed by atoms with van der Waals surface area (Å²) >= 11 is 0. The van der Waals surface area contributed by atoms with E-state index in [9.17, 15) is 9.50 Å². The molecule has 2 aromatic carbocycles. The number of rotatable bonds is 2. The highest BCUT2D eigenvalue weighted by Gasteiger charge is 2.54. The Balaban J connectivity index is 1.58. The van der Waals surface area contributed by atoms with Crippen LogP contribution in [0.5, 0.6) is 5.75 Å². The van der Waals surface area contributed by atoms with Crippen molar-refractivity contribution in [3.63, 3.8) is 0 Å². The molecule has 1 unspecified atom stereocenters. The van der Waals surface area contributed by atoms with Crippen molar-refractivity contribution in [3.8, 4) is 29.4 Å². The molecule has 4 aromatic rings. The maximum atomic E-state index is 15.6. The number of pyridine rings is 1. The molecule has 0 bridgehead atoms. The maximum Gasteiger partial charge on any atom is 0.177 e. The molecule has 6 rings (SSSR count). The zero-order valence-corrected chi connectivity index (χ0v) is 15.7. The average molecular weight is 402 g/mol. The molecule has 3 heterocycles. The van der Waals surface area contributed by atoms with Gasteiger partial charge in [0, 0.05) is 34.1 Å². The van der Waals surface area contributed by atoms with E-state index in [-0.39, 0.29) is 28.1 Å². The molecule has 1 aliphatic heterocycles. The van der Waals surface area contributed by atoms with Gasteiger partial charge in [0.1, 0.15) is 22.8 Å². The van der Waals surface area contributed by atoms with Gasteiger partial charge < -0.3 is 10.4 Å². The number of benzene rings is 2. The Morgan fingerprint density at radius 1 is 1.17 bits per heavy atom. The highest BCUT2D eigenvalue weighted by atomic mass is 19.1. The Labute approximate surface area is 170 Å². The molecule has 148 valence electrons. The van der Waals surface area contributed by atoms with Crippen LogP contribution >= 0.6 is 0 Å². The van der Waals surface area contributed by atoms with Crippen molar-refractivity contribution in [2.45, 2.75) is 5.92 Å². The predicted octanol–water partition coefficient (Wildman–Crippen LogP) is 3.68. The van der Waals surface area contributed by atoms with Crippen LogP contribution in [0, 0.1) is 35.8 Å². The zero-order chi connectivity index (χ0) is 20.6. The van der Waals surface area contributed by atoms with Gasteiger partial charge in [0.2, 0.25) is 0 Å². The number of hydrogen-bond donors (Lipinski definition) is 3. The minimum Gasteiger partial charge on any atom is -0.508 e. The Kier molecular flexibility index (Phi) is 3.47. The van der Waals surface area contributed by atoms with E-state index in [1.54, 1.807) is 6.20 Å². The number of aromatic hydroxyl groups is 1. The third-order valence-electron chi connectivity index (χ3n) is 6.45. The lowest BCUT2D eigenvalue weighted by atomic mass is 9.95. The van der Waals surface area contributed by atoms with E-state index < -0.39 is 11.6 Å². The number of hydrogen-bond acceptors (Lipinski definition) is 4. The van der Waals surface area contributed by atoms with E-state index in [0.717, 1.165) is 18.8 Å². The van der Waals surface area contributed by atoms with Gasteiger partial charge in [-0.2, -0.15) is 5.10 Å². The minimum absolute atomic E-state index is 0.00446.